The van der Waals surface area contributed by atoms with Crippen LogP contribution in [0.15, 0.2) is 96.2 Å². The van der Waals surface area contributed by atoms with Crippen LogP contribution in [0.1, 0.15) is 39.1 Å². The summed E-state index contributed by atoms with van der Waals surface area (Å²) < 4.78 is 10.1. The zero-order valence-electron chi connectivity index (χ0n) is 21.7. The molecule has 3 aromatic carbocycles. The monoisotopic (exact) mass is 525 g/mol. The first-order chi connectivity index (χ1) is 18.9. The van der Waals surface area contributed by atoms with Gasteiger partial charge in [0, 0.05) is 5.56 Å². The number of esters is 2. The molecule has 0 radical (unpaired) electrons. The Morgan fingerprint density at radius 2 is 1.36 bits per heavy atom. The topological polar surface area (TPSA) is 105 Å². The summed E-state index contributed by atoms with van der Waals surface area (Å²) in [7, 11) is 2.40. The Labute approximate surface area is 225 Å². The zero-order valence-corrected chi connectivity index (χ0v) is 21.7. The molecule has 0 saturated carbocycles. The summed E-state index contributed by atoms with van der Waals surface area (Å²) in [6.45, 7) is 1.93. The van der Waals surface area contributed by atoms with E-state index in [9.17, 15) is 19.2 Å². The predicted octanol–water partition coefficient (Wildman–Crippen LogP) is 3.25. The number of hydrogen-bond acceptors (Lipinski definition) is 7. The van der Waals surface area contributed by atoms with Gasteiger partial charge in [0.25, 0.3) is 11.8 Å². The fourth-order valence-corrected chi connectivity index (χ4v) is 5.17. The molecule has 198 valence electrons. The van der Waals surface area contributed by atoms with Gasteiger partial charge in [0.1, 0.15) is 6.04 Å². The van der Waals surface area contributed by atoms with Crippen molar-refractivity contribution in [3.63, 3.8) is 0 Å². The molecule has 1 N–H and O–H groups in total. The molecule has 9 nitrogen and oxygen atoms in total. The Bertz CT molecular complexity index is 1450. The van der Waals surface area contributed by atoms with E-state index in [-0.39, 0.29) is 11.3 Å². The molecule has 0 spiro atoms. The molecular weight excluding hydrogens is 498 g/mol. The Balaban J connectivity index is 1.71. The second-order valence-electron chi connectivity index (χ2n) is 9.26. The van der Waals surface area contributed by atoms with Crippen LogP contribution in [-0.2, 0) is 23.9 Å². The van der Waals surface area contributed by atoms with Crippen molar-refractivity contribution in [1.29, 1.82) is 0 Å². The van der Waals surface area contributed by atoms with Crippen molar-refractivity contribution >= 4 is 23.8 Å². The van der Waals surface area contributed by atoms with Gasteiger partial charge in [-0.2, -0.15) is 5.01 Å². The third kappa shape index (κ3) is 4.46. The smallest absolute Gasteiger partial charge is 0.356 e. The maximum Gasteiger partial charge on any atom is 0.356 e. The number of hydrogen-bond donors (Lipinski definition) is 1. The standard InChI is InChI=1S/C30H27N3O6/c1-18-14-16-20(17-15-18)24-22(29(36)38-2)26(30(37)39-3)33-28(35)23(31-27(34)21-12-8-5-9-13-21)25(32(24)33)19-10-6-4-7-11-19/h4-17,23-25H,1-3H3,(H,31,34)/t23-,24+,25-/m0/s1. The third-order valence-electron chi connectivity index (χ3n) is 6.95. The first kappa shape index (κ1) is 25.9. The highest BCUT2D eigenvalue weighted by molar-refractivity contribution is 6.07. The van der Waals surface area contributed by atoms with Gasteiger partial charge in [-0.05, 0) is 30.2 Å². The average Bonchev–Trinajstić information content (AvgIpc) is 3.45. The van der Waals surface area contributed by atoms with E-state index in [0.29, 0.717) is 16.7 Å². The van der Waals surface area contributed by atoms with Crippen molar-refractivity contribution in [3.05, 3.63) is 118 Å². The number of ether oxygens (including phenoxy) is 2. The molecule has 2 aliphatic rings. The van der Waals surface area contributed by atoms with Gasteiger partial charge in [-0.25, -0.2) is 14.6 Å². The summed E-state index contributed by atoms with van der Waals surface area (Å²) in [5, 5.41) is 5.70. The largest absolute Gasteiger partial charge is 0.466 e. The molecule has 2 amide bonds. The highest BCUT2D eigenvalue weighted by atomic mass is 16.5. The molecule has 5 rings (SSSR count). The van der Waals surface area contributed by atoms with E-state index in [2.05, 4.69) is 5.32 Å². The second-order valence-corrected chi connectivity index (χ2v) is 9.26. The van der Waals surface area contributed by atoms with Crippen molar-refractivity contribution in [3.8, 4) is 0 Å². The molecule has 39 heavy (non-hydrogen) atoms. The third-order valence-corrected chi connectivity index (χ3v) is 6.95. The van der Waals surface area contributed by atoms with E-state index in [1.165, 1.54) is 14.2 Å². The number of fused-ring (bicyclic) bond motifs is 1. The van der Waals surface area contributed by atoms with Crippen LogP contribution in [0, 0.1) is 6.92 Å². The van der Waals surface area contributed by atoms with Gasteiger partial charge in [0.05, 0.1) is 31.9 Å². The summed E-state index contributed by atoms with van der Waals surface area (Å²) in [5.74, 6) is -2.66. The molecule has 1 saturated heterocycles. The lowest BCUT2D eigenvalue weighted by molar-refractivity contribution is -0.146. The molecule has 0 unspecified atom stereocenters. The van der Waals surface area contributed by atoms with E-state index < -0.39 is 41.9 Å². The summed E-state index contributed by atoms with van der Waals surface area (Å²) >= 11 is 0. The number of aryl methyl sites for hydroxylation is 1. The average molecular weight is 526 g/mol. The Morgan fingerprint density at radius 3 is 1.95 bits per heavy atom. The van der Waals surface area contributed by atoms with Crippen LogP contribution in [0.25, 0.3) is 0 Å². The number of nitrogens with zero attached hydrogens (tertiary/aromatic N) is 2. The molecule has 3 atom stereocenters. The van der Waals surface area contributed by atoms with Gasteiger partial charge in [0.15, 0.2) is 5.70 Å². The summed E-state index contributed by atoms with van der Waals surface area (Å²) in [6, 6.07) is 22.4. The van der Waals surface area contributed by atoms with E-state index in [0.717, 1.165) is 10.6 Å². The minimum Gasteiger partial charge on any atom is -0.466 e. The van der Waals surface area contributed by atoms with Crippen LogP contribution >= 0.6 is 0 Å². The van der Waals surface area contributed by atoms with Crippen molar-refractivity contribution in [2.24, 2.45) is 0 Å². The molecule has 3 aromatic rings. The number of carbonyl (C=O) groups is 4. The number of methoxy groups -OCH3 is 2. The maximum absolute atomic E-state index is 14.1. The van der Waals surface area contributed by atoms with E-state index in [1.807, 2.05) is 61.5 Å². The second kappa shape index (κ2) is 10.5. The number of nitrogens with one attached hydrogen (secondary N) is 1. The van der Waals surface area contributed by atoms with Crippen molar-refractivity contribution in [1.82, 2.24) is 15.3 Å². The minimum atomic E-state index is -1.08. The minimum absolute atomic E-state index is 0.0182. The van der Waals surface area contributed by atoms with E-state index >= 15 is 0 Å². The Hall–Kier alpha value is -4.76. The summed E-state index contributed by atoms with van der Waals surface area (Å²) in [6.07, 6.45) is 0. The number of carbonyl (C=O) groups excluding carboxylic acids is 4. The molecule has 1 fully saturated rings. The van der Waals surface area contributed by atoms with Crippen LogP contribution in [0.5, 0.6) is 0 Å². The number of benzene rings is 3. The highest BCUT2D eigenvalue weighted by Gasteiger charge is 2.60. The van der Waals surface area contributed by atoms with Gasteiger partial charge in [-0.3, -0.25) is 9.59 Å². The maximum atomic E-state index is 14.1. The molecule has 2 aliphatic heterocycles. The van der Waals surface area contributed by atoms with Crippen molar-refractivity contribution in [2.75, 3.05) is 14.2 Å². The van der Waals surface area contributed by atoms with Crippen LogP contribution in [0.3, 0.4) is 0 Å². The van der Waals surface area contributed by atoms with Crippen LogP contribution < -0.4 is 5.32 Å². The SMILES string of the molecule is COC(=O)C1=C(C(=O)OC)N2C(=O)[C@@H](NC(=O)c3ccccc3)[C@H](c3ccccc3)N2[C@@H]1c1ccc(C)cc1. The van der Waals surface area contributed by atoms with Gasteiger partial charge in [-0.15, -0.1) is 0 Å². The normalized spacial score (nSPS) is 20.5. The summed E-state index contributed by atoms with van der Waals surface area (Å²) in [4.78, 5) is 53.7. The van der Waals surface area contributed by atoms with Crippen LogP contribution in [0.2, 0.25) is 0 Å². The van der Waals surface area contributed by atoms with Gasteiger partial charge in [0.2, 0.25) is 0 Å². The predicted molar refractivity (Wildman–Crippen MR) is 141 cm³/mol. The Morgan fingerprint density at radius 1 is 0.769 bits per heavy atom. The van der Waals surface area contributed by atoms with E-state index in [4.69, 9.17) is 9.47 Å². The number of hydrazine groups is 1. The lowest BCUT2D eigenvalue weighted by Crippen LogP contribution is -2.44. The van der Waals surface area contributed by atoms with Crippen LogP contribution in [0.4, 0.5) is 0 Å². The first-order valence-electron chi connectivity index (χ1n) is 12.4. The van der Waals surface area contributed by atoms with Crippen molar-refractivity contribution < 1.29 is 28.7 Å². The first-order valence-corrected chi connectivity index (χ1v) is 12.4. The van der Waals surface area contributed by atoms with Crippen molar-refractivity contribution in [2.45, 2.75) is 25.0 Å². The quantitative estimate of drug-likeness (QED) is 0.493. The molecule has 0 aliphatic carbocycles. The van der Waals surface area contributed by atoms with Gasteiger partial charge < -0.3 is 14.8 Å². The van der Waals surface area contributed by atoms with Gasteiger partial charge in [-0.1, -0.05) is 78.4 Å². The highest BCUT2D eigenvalue weighted by Crippen LogP contribution is 2.51. The van der Waals surface area contributed by atoms with Gasteiger partial charge >= 0.3 is 11.9 Å². The fraction of sp³-hybridized carbons (Fsp3) is 0.200. The zero-order chi connectivity index (χ0) is 27.7. The van der Waals surface area contributed by atoms with Crippen LogP contribution in [-0.4, -0.2) is 54.0 Å². The Kier molecular flexibility index (Phi) is 7.00. The van der Waals surface area contributed by atoms with E-state index in [1.54, 1.807) is 35.3 Å². The molecule has 9 heteroatoms. The number of amides is 2. The molecule has 0 aromatic heterocycles. The lowest BCUT2D eigenvalue weighted by Gasteiger charge is -2.33. The number of rotatable bonds is 6. The lowest BCUT2D eigenvalue weighted by atomic mass is 9.92. The molecular formula is C30H27N3O6. The summed E-state index contributed by atoms with van der Waals surface area (Å²) in [5.41, 5.74) is 2.49. The molecule has 0 bridgehead atoms. The molecule has 2 heterocycles. The fourth-order valence-electron chi connectivity index (χ4n) is 5.17.